The Kier molecular flexibility index (Phi) is 4.49. The molecule has 1 spiro atoms. The Bertz CT molecular complexity index is 413. The molecule has 1 fully saturated rings. The number of carbonyl (C=O) groups excluding carboxylic acids is 1. The summed E-state index contributed by atoms with van der Waals surface area (Å²) < 4.78 is 28.6. The van der Waals surface area contributed by atoms with Crippen molar-refractivity contribution in [2.75, 3.05) is 13.2 Å². The largest absolute Gasteiger partial charge is 0.451 e. The summed E-state index contributed by atoms with van der Waals surface area (Å²) in [6, 6.07) is 0. The van der Waals surface area contributed by atoms with Gasteiger partial charge >= 0.3 is 13.6 Å². The lowest BCUT2D eigenvalue weighted by Crippen LogP contribution is -2.30. The average Bonchev–Trinajstić information content (AvgIpc) is 2.68. The highest BCUT2D eigenvalue weighted by molar-refractivity contribution is 7.60. The molecule has 0 amide bonds. The second-order valence-corrected chi connectivity index (χ2v) is 6.87. The van der Waals surface area contributed by atoms with Crippen molar-refractivity contribution in [1.82, 2.24) is 0 Å². The summed E-state index contributed by atoms with van der Waals surface area (Å²) in [5, 5.41) is 0.0816. The number of hydrogen-bond acceptors (Lipinski definition) is 5. The van der Waals surface area contributed by atoms with Crippen molar-refractivity contribution in [1.29, 1.82) is 0 Å². The quantitative estimate of drug-likeness (QED) is 0.573. The third-order valence-corrected chi connectivity index (χ3v) is 5.60. The maximum absolute atomic E-state index is 12.6. The van der Waals surface area contributed by atoms with E-state index in [4.69, 9.17) is 13.8 Å². The number of ether oxygens (including phenoxy) is 1. The minimum Gasteiger partial charge on any atom is -0.451 e. The van der Waals surface area contributed by atoms with Gasteiger partial charge in [-0.1, -0.05) is 6.42 Å². The molecule has 0 atom stereocenters. The lowest BCUT2D eigenvalue weighted by atomic mass is 9.85. The monoisotopic (exact) mass is 288 g/mol. The van der Waals surface area contributed by atoms with Crippen molar-refractivity contribution in [2.24, 2.45) is 0 Å². The molecule has 2 rings (SSSR count). The molecule has 0 radical (unpaired) electrons. The summed E-state index contributed by atoms with van der Waals surface area (Å²) in [5.41, 5.74) is -0.575. The molecule has 1 aliphatic heterocycles. The third-order valence-electron chi connectivity index (χ3n) is 3.50. The van der Waals surface area contributed by atoms with Crippen molar-refractivity contribution in [3.8, 4) is 0 Å². The standard InChI is InChI=1S/C13H21O5P/c1-3-16-19(15,17-4-2)11-10-13(18-12(11)14)8-6-5-7-9-13/h10H,3-9H2,1-2H3. The number of esters is 1. The van der Waals surface area contributed by atoms with Crippen LogP contribution in [-0.4, -0.2) is 24.8 Å². The van der Waals surface area contributed by atoms with Gasteiger partial charge < -0.3 is 13.8 Å². The van der Waals surface area contributed by atoms with Gasteiger partial charge in [0, 0.05) is 0 Å². The van der Waals surface area contributed by atoms with Gasteiger partial charge in [0.15, 0.2) is 0 Å². The van der Waals surface area contributed by atoms with Gasteiger partial charge in [-0.2, -0.15) is 0 Å². The predicted molar refractivity (Wildman–Crippen MR) is 70.8 cm³/mol. The van der Waals surface area contributed by atoms with Crippen molar-refractivity contribution in [2.45, 2.75) is 51.6 Å². The molecule has 1 saturated carbocycles. The molecule has 0 aromatic carbocycles. The van der Waals surface area contributed by atoms with E-state index in [1.807, 2.05) is 0 Å². The molecule has 5 nitrogen and oxygen atoms in total. The maximum atomic E-state index is 12.6. The Morgan fingerprint density at radius 1 is 1.21 bits per heavy atom. The van der Waals surface area contributed by atoms with Crippen LogP contribution >= 0.6 is 7.60 Å². The second kappa shape index (κ2) is 5.78. The molecule has 1 aliphatic carbocycles. The summed E-state index contributed by atoms with van der Waals surface area (Å²) in [7, 11) is -3.53. The van der Waals surface area contributed by atoms with Crippen molar-refractivity contribution in [3.63, 3.8) is 0 Å². The maximum Gasteiger partial charge on any atom is 0.368 e. The van der Waals surface area contributed by atoms with Crippen LogP contribution in [0.15, 0.2) is 11.4 Å². The molecule has 1 heterocycles. The Morgan fingerprint density at radius 3 is 2.32 bits per heavy atom. The Morgan fingerprint density at radius 2 is 1.79 bits per heavy atom. The summed E-state index contributed by atoms with van der Waals surface area (Å²) in [4.78, 5) is 12.0. The molecule has 0 unspecified atom stereocenters. The van der Waals surface area contributed by atoms with Crippen LogP contribution in [0.5, 0.6) is 0 Å². The lowest BCUT2D eigenvalue weighted by molar-refractivity contribution is -0.148. The van der Waals surface area contributed by atoms with Crippen LogP contribution in [0.25, 0.3) is 0 Å². The van der Waals surface area contributed by atoms with E-state index in [0.29, 0.717) is 0 Å². The van der Waals surface area contributed by atoms with E-state index >= 15 is 0 Å². The highest BCUT2D eigenvalue weighted by atomic mass is 31.2. The zero-order chi connectivity index (χ0) is 13.9. The normalized spacial score (nSPS) is 22.4. The zero-order valence-corrected chi connectivity index (χ0v) is 12.4. The highest BCUT2D eigenvalue weighted by Gasteiger charge is 2.48. The molecular weight excluding hydrogens is 267 g/mol. The van der Waals surface area contributed by atoms with Gasteiger partial charge in [-0.3, -0.25) is 4.57 Å². The fourth-order valence-electron chi connectivity index (χ4n) is 2.68. The SMILES string of the molecule is CCOP(=O)(OCC)C1=CC2(CCCCC2)OC1=O. The summed E-state index contributed by atoms with van der Waals surface area (Å²) in [6.07, 6.45) is 6.47. The molecule has 0 N–H and O–H groups in total. The van der Waals surface area contributed by atoms with E-state index in [2.05, 4.69) is 0 Å². The van der Waals surface area contributed by atoms with Crippen LogP contribution in [0.2, 0.25) is 0 Å². The van der Waals surface area contributed by atoms with Crippen LogP contribution in [-0.2, 0) is 23.1 Å². The fourth-order valence-corrected chi connectivity index (χ4v) is 4.37. The Labute approximate surface area is 113 Å². The van der Waals surface area contributed by atoms with Crippen molar-refractivity contribution in [3.05, 3.63) is 11.4 Å². The topological polar surface area (TPSA) is 61.8 Å². The molecular formula is C13H21O5P. The summed E-state index contributed by atoms with van der Waals surface area (Å²) >= 11 is 0. The number of hydrogen-bond donors (Lipinski definition) is 0. The number of carbonyl (C=O) groups is 1. The van der Waals surface area contributed by atoms with Crippen LogP contribution in [0.4, 0.5) is 0 Å². The van der Waals surface area contributed by atoms with E-state index in [9.17, 15) is 9.36 Å². The first-order chi connectivity index (χ1) is 9.05. The first-order valence-corrected chi connectivity index (χ1v) is 8.45. The summed E-state index contributed by atoms with van der Waals surface area (Å²) in [6.45, 7) is 3.91. The first-order valence-electron chi connectivity index (χ1n) is 6.91. The molecule has 2 aliphatic rings. The van der Waals surface area contributed by atoms with E-state index < -0.39 is 19.2 Å². The van der Waals surface area contributed by atoms with Crippen LogP contribution < -0.4 is 0 Å². The van der Waals surface area contributed by atoms with Crippen LogP contribution in [0.3, 0.4) is 0 Å². The van der Waals surface area contributed by atoms with Gasteiger partial charge in [-0.05, 0) is 45.6 Å². The van der Waals surface area contributed by atoms with Gasteiger partial charge in [0.05, 0.1) is 13.2 Å². The van der Waals surface area contributed by atoms with Gasteiger partial charge in [0.2, 0.25) is 0 Å². The zero-order valence-electron chi connectivity index (χ0n) is 11.5. The molecule has 108 valence electrons. The van der Waals surface area contributed by atoms with Crippen LogP contribution in [0.1, 0.15) is 46.0 Å². The van der Waals surface area contributed by atoms with Gasteiger partial charge in [-0.15, -0.1) is 0 Å². The fraction of sp³-hybridized carbons (Fsp3) is 0.769. The Hall–Kier alpha value is -0.640. The summed E-state index contributed by atoms with van der Waals surface area (Å²) in [5.74, 6) is -0.549. The average molecular weight is 288 g/mol. The molecule has 19 heavy (non-hydrogen) atoms. The second-order valence-electron chi connectivity index (χ2n) is 4.88. The van der Waals surface area contributed by atoms with E-state index in [-0.39, 0.29) is 18.5 Å². The Balaban J connectivity index is 2.28. The van der Waals surface area contributed by atoms with E-state index in [1.54, 1.807) is 19.9 Å². The lowest BCUT2D eigenvalue weighted by Gasteiger charge is -2.30. The van der Waals surface area contributed by atoms with E-state index in [0.717, 1.165) is 32.1 Å². The minimum absolute atomic E-state index is 0.0816. The molecule has 0 aromatic rings. The first kappa shape index (κ1) is 14.8. The van der Waals surface area contributed by atoms with E-state index in [1.165, 1.54) is 0 Å². The van der Waals surface area contributed by atoms with Gasteiger partial charge in [-0.25, -0.2) is 4.79 Å². The van der Waals surface area contributed by atoms with Crippen LogP contribution in [0, 0.1) is 0 Å². The molecule has 6 heteroatoms. The predicted octanol–water partition coefficient (Wildman–Crippen LogP) is 3.40. The molecule has 0 bridgehead atoms. The number of rotatable bonds is 5. The molecule has 0 aromatic heterocycles. The van der Waals surface area contributed by atoms with Crippen molar-refractivity contribution < 1.29 is 23.1 Å². The highest BCUT2D eigenvalue weighted by Crippen LogP contribution is 2.60. The molecule has 0 saturated heterocycles. The third kappa shape index (κ3) is 2.93. The van der Waals surface area contributed by atoms with Crippen molar-refractivity contribution >= 4 is 13.6 Å². The van der Waals surface area contributed by atoms with Gasteiger partial charge in [0.1, 0.15) is 10.9 Å². The van der Waals surface area contributed by atoms with Gasteiger partial charge in [0.25, 0.3) is 0 Å². The smallest absolute Gasteiger partial charge is 0.368 e. The minimum atomic E-state index is -3.53.